The summed E-state index contributed by atoms with van der Waals surface area (Å²) >= 11 is 0. The van der Waals surface area contributed by atoms with Gasteiger partial charge in [-0.3, -0.25) is 4.90 Å². The van der Waals surface area contributed by atoms with E-state index in [-0.39, 0.29) is 5.92 Å². The highest BCUT2D eigenvalue weighted by Gasteiger charge is 2.48. The monoisotopic (exact) mass is 298 g/mol. The number of benzene rings is 1. The van der Waals surface area contributed by atoms with Crippen molar-refractivity contribution in [2.45, 2.75) is 31.6 Å². The lowest BCUT2D eigenvalue weighted by Crippen LogP contribution is -2.60. The Hall–Kier alpha value is -1.62. The van der Waals surface area contributed by atoms with Gasteiger partial charge in [-0.2, -0.15) is 0 Å². The number of fused-ring (bicyclic) bond motifs is 3. The molecule has 0 radical (unpaired) electrons. The number of piperidine rings is 1. The van der Waals surface area contributed by atoms with Crippen molar-refractivity contribution in [1.82, 2.24) is 9.88 Å². The zero-order valence-corrected chi connectivity index (χ0v) is 12.8. The molecule has 3 aliphatic rings. The number of nitrogens with one attached hydrogen (secondary N) is 1. The minimum absolute atomic E-state index is 0.115. The summed E-state index contributed by atoms with van der Waals surface area (Å²) in [7, 11) is 0. The summed E-state index contributed by atoms with van der Waals surface area (Å²) in [5, 5.41) is 22.4. The molecule has 3 aliphatic heterocycles. The van der Waals surface area contributed by atoms with E-state index in [0.717, 1.165) is 36.3 Å². The van der Waals surface area contributed by atoms with Crippen LogP contribution < -0.4 is 0 Å². The molecule has 2 aromatic rings. The van der Waals surface area contributed by atoms with Crippen LogP contribution in [0.1, 0.15) is 24.6 Å². The molecule has 2 bridgehead atoms. The maximum absolute atomic E-state index is 11.0. The van der Waals surface area contributed by atoms with E-state index >= 15 is 0 Å². The fourth-order valence-electron chi connectivity index (χ4n) is 4.18. The van der Waals surface area contributed by atoms with Gasteiger partial charge < -0.3 is 15.2 Å². The maximum Gasteiger partial charge on any atom is 0.110 e. The van der Waals surface area contributed by atoms with E-state index in [9.17, 15) is 10.2 Å². The summed E-state index contributed by atoms with van der Waals surface area (Å²) in [6.07, 6.45) is 0.0534. The zero-order chi connectivity index (χ0) is 15.5. The Bertz CT molecular complexity index is 749. The Morgan fingerprint density at radius 3 is 2.95 bits per heavy atom. The molecule has 3 N–H and O–H groups in total. The smallest absolute Gasteiger partial charge is 0.110 e. The molecular weight excluding hydrogens is 276 g/mol. The van der Waals surface area contributed by atoms with Gasteiger partial charge in [0, 0.05) is 35.6 Å². The molecule has 0 spiro atoms. The number of para-hydroxylation sites is 1. The summed E-state index contributed by atoms with van der Waals surface area (Å²) in [5.74, 6) is -0.115. The highest BCUT2D eigenvalue weighted by molar-refractivity contribution is 5.89. The summed E-state index contributed by atoms with van der Waals surface area (Å²) < 4.78 is 0. The van der Waals surface area contributed by atoms with Crippen molar-refractivity contribution < 1.29 is 10.2 Å². The first kappa shape index (κ1) is 14.0. The number of aliphatic hydroxyl groups is 2. The van der Waals surface area contributed by atoms with Gasteiger partial charge in [0.05, 0.1) is 6.10 Å². The summed E-state index contributed by atoms with van der Waals surface area (Å²) in [4.78, 5) is 5.72. The lowest BCUT2D eigenvalue weighted by Gasteiger charge is -2.49. The van der Waals surface area contributed by atoms with Crippen LogP contribution in [0.5, 0.6) is 0 Å². The third-order valence-electron chi connectivity index (χ3n) is 5.47. The minimum Gasteiger partial charge on any atom is -0.390 e. The highest BCUT2D eigenvalue weighted by atomic mass is 16.3. The van der Waals surface area contributed by atoms with Gasteiger partial charge in [0.2, 0.25) is 0 Å². The third-order valence-corrected chi connectivity index (χ3v) is 5.47. The van der Waals surface area contributed by atoms with Crippen LogP contribution in [0.25, 0.3) is 16.5 Å². The second-order valence-corrected chi connectivity index (χ2v) is 6.77. The third kappa shape index (κ3) is 1.81. The van der Waals surface area contributed by atoms with Gasteiger partial charge in [0.25, 0.3) is 0 Å². The first-order valence-electron chi connectivity index (χ1n) is 7.92. The van der Waals surface area contributed by atoms with Crippen molar-refractivity contribution in [3.05, 3.63) is 42.1 Å². The van der Waals surface area contributed by atoms with Crippen LogP contribution in [0.3, 0.4) is 0 Å². The Morgan fingerprint density at radius 2 is 2.18 bits per heavy atom. The molecule has 4 heterocycles. The second kappa shape index (κ2) is 4.69. The van der Waals surface area contributed by atoms with E-state index in [0.29, 0.717) is 6.54 Å². The van der Waals surface area contributed by atoms with Gasteiger partial charge in [0.1, 0.15) is 5.60 Å². The number of rotatable bonds is 1. The Balaban J connectivity index is 1.91. The molecule has 116 valence electrons. The standard InChI is InChI=1S/C18H22N2O2/c1-11-15-7-8-20(10-18(15,22)12(2)21)9-14-13-5-3-4-6-16(13)19-17(11)14/h3-6,12,15,19,21-22H,1,7-10H2,2H3. The van der Waals surface area contributed by atoms with Crippen LogP contribution in [-0.4, -0.2) is 44.9 Å². The zero-order valence-electron chi connectivity index (χ0n) is 12.8. The van der Waals surface area contributed by atoms with Crippen LogP contribution in [0.2, 0.25) is 0 Å². The average molecular weight is 298 g/mol. The molecule has 4 atom stereocenters. The normalized spacial score (nSPS) is 32.6. The Labute approximate surface area is 130 Å². The van der Waals surface area contributed by atoms with Gasteiger partial charge in [0.15, 0.2) is 0 Å². The highest BCUT2D eigenvalue weighted by Crippen LogP contribution is 2.44. The van der Waals surface area contributed by atoms with Crippen molar-refractivity contribution in [3.63, 3.8) is 0 Å². The summed E-state index contributed by atoms with van der Waals surface area (Å²) in [5.41, 5.74) is 3.21. The van der Waals surface area contributed by atoms with E-state index < -0.39 is 11.7 Å². The predicted octanol–water partition coefficient (Wildman–Crippen LogP) is 2.13. The molecule has 5 rings (SSSR count). The minimum atomic E-state index is -1.12. The first-order chi connectivity index (χ1) is 10.5. The molecule has 0 aliphatic carbocycles. The van der Waals surface area contributed by atoms with Gasteiger partial charge in [-0.15, -0.1) is 0 Å². The van der Waals surface area contributed by atoms with Crippen LogP contribution in [0.4, 0.5) is 0 Å². The van der Waals surface area contributed by atoms with Gasteiger partial charge in [-0.1, -0.05) is 24.8 Å². The van der Waals surface area contributed by atoms with Gasteiger partial charge >= 0.3 is 0 Å². The molecule has 4 unspecified atom stereocenters. The molecule has 22 heavy (non-hydrogen) atoms. The Morgan fingerprint density at radius 1 is 1.41 bits per heavy atom. The van der Waals surface area contributed by atoms with Crippen molar-refractivity contribution in [1.29, 1.82) is 0 Å². The lowest BCUT2D eigenvalue weighted by molar-refractivity contribution is -0.130. The maximum atomic E-state index is 11.0. The number of aromatic nitrogens is 1. The quantitative estimate of drug-likeness (QED) is 0.756. The number of hydrogen-bond acceptors (Lipinski definition) is 3. The van der Waals surface area contributed by atoms with Gasteiger partial charge in [-0.05, 0) is 37.1 Å². The van der Waals surface area contributed by atoms with Crippen LogP contribution >= 0.6 is 0 Å². The number of H-pyrrole nitrogens is 1. The second-order valence-electron chi connectivity index (χ2n) is 6.77. The van der Waals surface area contributed by atoms with E-state index in [4.69, 9.17) is 0 Å². The molecule has 0 amide bonds. The first-order valence-corrected chi connectivity index (χ1v) is 7.92. The summed E-state index contributed by atoms with van der Waals surface area (Å²) in [6, 6.07) is 8.29. The van der Waals surface area contributed by atoms with Crippen molar-refractivity contribution in [2.75, 3.05) is 13.1 Å². The topological polar surface area (TPSA) is 59.5 Å². The van der Waals surface area contributed by atoms with E-state index in [1.807, 2.05) is 6.07 Å². The SMILES string of the molecule is C=C1c2[nH]c3ccccc3c2CN2CCC1C(O)(C(C)O)C2. The van der Waals surface area contributed by atoms with Crippen molar-refractivity contribution >= 4 is 16.5 Å². The largest absolute Gasteiger partial charge is 0.390 e. The van der Waals surface area contributed by atoms with Gasteiger partial charge in [-0.25, -0.2) is 0 Å². The molecular formula is C18H22N2O2. The van der Waals surface area contributed by atoms with E-state index in [1.165, 1.54) is 10.9 Å². The molecule has 4 heteroatoms. The fraction of sp³-hybridized carbons (Fsp3) is 0.444. The number of nitrogens with zero attached hydrogens (tertiary/aromatic N) is 1. The number of aromatic amines is 1. The van der Waals surface area contributed by atoms with Crippen molar-refractivity contribution in [3.8, 4) is 0 Å². The number of hydrogen-bond donors (Lipinski definition) is 3. The molecule has 0 saturated carbocycles. The average Bonchev–Trinajstić information content (AvgIpc) is 2.83. The summed E-state index contributed by atoms with van der Waals surface area (Å²) in [6.45, 7) is 8.16. The number of aliphatic hydroxyl groups excluding tert-OH is 1. The van der Waals surface area contributed by atoms with E-state index in [1.54, 1.807) is 6.92 Å². The molecule has 4 nitrogen and oxygen atoms in total. The molecule has 1 aromatic carbocycles. The van der Waals surface area contributed by atoms with Crippen molar-refractivity contribution in [2.24, 2.45) is 5.92 Å². The Kier molecular flexibility index (Phi) is 2.98. The van der Waals surface area contributed by atoms with Crippen LogP contribution in [0, 0.1) is 5.92 Å². The lowest BCUT2D eigenvalue weighted by atomic mass is 9.71. The van der Waals surface area contributed by atoms with E-state index in [2.05, 4.69) is 34.7 Å². The fourth-order valence-corrected chi connectivity index (χ4v) is 4.18. The molecule has 1 fully saturated rings. The molecule has 1 saturated heterocycles. The predicted molar refractivity (Wildman–Crippen MR) is 87.3 cm³/mol. The van der Waals surface area contributed by atoms with Crippen LogP contribution in [-0.2, 0) is 6.54 Å². The van der Waals surface area contributed by atoms with Crippen LogP contribution in [0.15, 0.2) is 30.8 Å². The molecule has 1 aromatic heterocycles.